The van der Waals surface area contributed by atoms with Crippen molar-refractivity contribution in [1.82, 2.24) is 14.8 Å². The average molecular weight is 210 g/mol. The van der Waals surface area contributed by atoms with E-state index in [-0.39, 0.29) is 0 Å². The zero-order chi connectivity index (χ0) is 10.1. The fraction of sp³-hybridized carbons (Fsp3) is 0.556. The summed E-state index contributed by atoms with van der Waals surface area (Å²) in [5, 5.41) is 8.88. The SMILES string of the molecule is C=C(C)CSc1nnc(N)n1C1CC1. The van der Waals surface area contributed by atoms with Crippen molar-refractivity contribution in [2.75, 3.05) is 11.5 Å². The summed E-state index contributed by atoms with van der Waals surface area (Å²) in [6, 6.07) is 0.539. The van der Waals surface area contributed by atoms with E-state index in [1.54, 1.807) is 11.8 Å². The molecule has 0 unspecified atom stereocenters. The van der Waals surface area contributed by atoms with E-state index in [1.807, 2.05) is 11.5 Å². The minimum atomic E-state index is 0.539. The van der Waals surface area contributed by atoms with Crippen molar-refractivity contribution in [3.05, 3.63) is 12.2 Å². The molecule has 0 bridgehead atoms. The molecule has 1 heterocycles. The molecule has 0 spiro atoms. The van der Waals surface area contributed by atoms with Gasteiger partial charge in [0.25, 0.3) is 0 Å². The highest BCUT2D eigenvalue weighted by atomic mass is 32.2. The lowest BCUT2D eigenvalue weighted by molar-refractivity contribution is 0.672. The monoisotopic (exact) mass is 210 g/mol. The molecular weight excluding hydrogens is 196 g/mol. The van der Waals surface area contributed by atoms with Crippen molar-refractivity contribution in [2.45, 2.75) is 31.0 Å². The van der Waals surface area contributed by atoms with Crippen LogP contribution in [0, 0.1) is 0 Å². The maximum atomic E-state index is 5.74. The van der Waals surface area contributed by atoms with Gasteiger partial charge in [-0.15, -0.1) is 10.2 Å². The Balaban J connectivity index is 2.12. The topological polar surface area (TPSA) is 56.7 Å². The van der Waals surface area contributed by atoms with Gasteiger partial charge in [0.05, 0.1) is 0 Å². The van der Waals surface area contributed by atoms with Crippen LogP contribution < -0.4 is 5.73 Å². The zero-order valence-corrected chi connectivity index (χ0v) is 9.05. The summed E-state index contributed by atoms with van der Waals surface area (Å²) in [4.78, 5) is 0. The van der Waals surface area contributed by atoms with Crippen LogP contribution in [0.15, 0.2) is 17.3 Å². The third-order valence-corrected chi connectivity index (χ3v) is 3.22. The Morgan fingerprint density at radius 2 is 2.36 bits per heavy atom. The minimum absolute atomic E-state index is 0.539. The van der Waals surface area contributed by atoms with E-state index >= 15 is 0 Å². The summed E-state index contributed by atoms with van der Waals surface area (Å²) in [6.45, 7) is 5.87. The Morgan fingerprint density at radius 1 is 1.64 bits per heavy atom. The lowest BCUT2D eigenvalue weighted by atomic mass is 10.4. The summed E-state index contributed by atoms with van der Waals surface area (Å²) in [5.41, 5.74) is 6.88. The van der Waals surface area contributed by atoms with Crippen molar-refractivity contribution in [3.8, 4) is 0 Å². The van der Waals surface area contributed by atoms with Crippen molar-refractivity contribution in [1.29, 1.82) is 0 Å². The number of rotatable bonds is 4. The minimum Gasteiger partial charge on any atom is -0.368 e. The number of hydrogen-bond acceptors (Lipinski definition) is 4. The van der Waals surface area contributed by atoms with Crippen LogP contribution in [0.2, 0.25) is 0 Å². The molecule has 0 aromatic carbocycles. The normalized spacial score (nSPS) is 15.8. The molecule has 0 radical (unpaired) electrons. The number of nitrogen functional groups attached to an aromatic ring is 1. The first-order valence-electron chi connectivity index (χ1n) is 4.66. The number of thioether (sulfide) groups is 1. The molecule has 0 atom stereocenters. The molecule has 76 valence electrons. The molecule has 0 aliphatic heterocycles. The zero-order valence-electron chi connectivity index (χ0n) is 8.23. The molecule has 4 nitrogen and oxygen atoms in total. The van der Waals surface area contributed by atoms with Crippen LogP contribution in [-0.2, 0) is 0 Å². The predicted molar refractivity (Wildman–Crippen MR) is 58.2 cm³/mol. The third-order valence-electron chi connectivity index (χ3n) is 2.05. The number of aromatic nitrogens is 3. The largest absolute Gasteiger partial charge is 0.368 e. The van der Waals surface area contributed by atoms with Gasteiger partial charge in [0.15, 0.2) is 5.16 Å². The maximum Gasteiger partial charge on any atom is 0.222 e. The Morgan fingerprint density at radius 3 is 2.93 bits per heavy atom. The van der Waals surface area contributed by atoms with E-state index in [0.717, 1.165) is 16.5 Å². The smallest absolute Gasteiger partial charge is 0.222 e. The van der Waals surface area contributed by atoms with Gasteiger partial charge in [0.1, 0.15) is 0 Å². The van der Waals surface area contributed by atoms with Crippen molar-refractivity contribution in [3.63, 3.8) is 0 Å². The Kier molecular flexibility index (Phi) is 2.50. The van der Waals surface area contributed by atoms with E-state index < -0.39 is 0 Å². The molecule has 2 rings (SSSR count). The molecule has 0 amide bonds. The fourth-order valence-electron chi connectivity index (χ4n) is 1.25. The van der Waals surface area contributed by atoms with Crippen molar-refractivity contribution in [2.24, 2.45) is 0 Å². The Hall–Kier alpha value is -0.970. The molecule has 1 aromatic heterocycles. The summed E-state index contributed by atoms with van der Waals surface area (Å²) < 4.78 is 2.04. The molecule has 1 aliphatic carbocycles. The third kappa shape index (κ3) is 1.92. The van der Waals surface area contributed by atoms with Crippen molar-refractivity contribution >= 4 is 17.7 Å². The summed E-state index contributed by atoms with van der Waals surface area (Å²) in [6.07, 6.45) is 2.39. The highest BCUT2D eigenvalue weighted by Gasteiger charge is 2.28. The van der Waals surface area contributed by atoms with Gasteiger partial charge in [-0.25, -0.2) is 0 Å². The first kappa shape index (κ1) is 9.58. The lowest BCUT2D eigenvalue weighted by Crippen LogP contribution is -2.02. The van der Waals surface area contributed by atoms with Crippen LogP contribution in [-0.4, -0.2) is 20.5 Å². The predicted octanol–water partition coefficient (Wildman–Crippen LogP) is 1.86. The second-order valence-corrected chi connectivity index (χ2v) is 4.63. The molecule has 5 heteroatoms. The van der Waals surface area contributed by atoms with Gasteiger partial charge in [-0.1, -0.05) is 23.9 Å². The van der Waals surface area contributed by atoms with Gasteiger partial charge < -0.3 is 5.73 Å². The number of anilines is 1. The highest BCUT2D eigenvalue weighted by Crippen LogP contribution is 2.39. The molecule has 1 saturated carbocycles. The lowest BCUT2D eigenvalue weighted by Gasteiger charge is -2.05. The van der Waals surface area contributed by atoms with Crippen LogP contribution in [0.4, 0.5) is 5.95 Å². The van der Waals surface area contributed by atoms with Gasteiger partial charge in [0.2, 0.25) is 5.95 Å². The molecule has 1 aromatic rings. The standard InChI is InChI=1S/C9H14N4S/c1-6(2)5-14-9-12-11-8(10)13(9)7-3-4-7/h7H,1,3-5H2,2H3,(H2,10,11). The van der Waals surface area contributed by atoms with E-state index in [0.29, 0.717) is 12.0 Å². The quantitative estimate of drug-likeness (QED) is 0.609. The van der Waals surface area contributed by atoms with Crippen LogP contribution in [0.25, 0.3) is 0 Å². The number of nitrogens with zero attached hydrogens (tertiary/aromatic N) is 3. The van der Waals surface area contributed by atoms with Gasteiger partial charge in [-0.3, -0.25) is 4.57 Å². The van der Waals surface area contributed by atoms with E-state index in [1.165, 1.54) is 12.8 Å². The first-order chi connectivity index (χ1) is 6.68. The fourth-order valence-corrected chi connectivity index (χ4v) is 2.11. The molecule has 14 heavy (non-hydrogen) atoms. The highest BCUT2D eigenvalue weighted by molar-refractivity contribution is 7.99. The number of hydrogen-bond donors (Lipinski definition) is 1. The second-order valence-electron chi connectivity index (χ2n) is 3.69. The van der Waals surface area contributed by atoms with Crippen molar-refractivity contribution < 1.29 is 0 Å². The number of nitrogens with two attached hydrogens (primary N) is 1. The second kappa shape index (κ2) is 3.65. The van der Waals surface area contributed by atoms with E-state index in [4.69, 9.17) is 5.73 Å². The molecule has 2 N–H and O–H groups in total. The Bertz CT molecular complexity index is 354. The van der Waals surface area contributed by atoms with Crippen LogP contribution in [0.3, 0.4) is 0 Å². The van der Waals surface area contributed by atoms with E-state index in [9.17, 15) is 0 Å². The summed E-state index contributed by atoms with van der Waals surface area (Å²) in [7, 11) is 0. The van der Waals surface area contributed by atoms with Gasteiger partial charge in [-0.2, -0.15) is 0 Å². The maximum absolute atomic E-state index is 5.74. The first-order valence-corrected chi connectivity index (χ1v) is 5.64. The summed E-state index contributed by atoms with van der Waals surface area (Å²) >= 11 is 1.65. The van der Waals surface area contributed by atoms with Crippen LogP contribution >= 0.6 is 11.8 Å². The van der Waals surface area contributed by atoms with E-state index in [2.05, 4.69) is 16.8 Å². The molecule has 1 fully saturated rings. The van der Waals surface area contributed by atoms with Gasteiger partial charge in [-0.05, 0) is 19.8 Å². The molecular formula is C9H14N4S. The van der Waals surface area contributed by atoms with Crippen LogP contribution in [0.1, 0.15) is 25.8 Å². The molecule has 0 saturated heterocycles. The van der Waals surface area contributed by atoms with Gasteiger partial charge >= 0.3 is 0 Å². The molecule has 1 aliphatic rings. The average Bonchev–Trinajstić information content (AvgIpc) is 2.88. The Labute approximate surface area is 87.6 Å². The van der Waals surface area contributed by atoms with Crippen LogP contribution in [0.5, 0.6) is 0 Å². The van der Waals surface area contributed by atoms with Gasteiger partial charge in [0, 0.05) is 11.8 Å². The summed E-state index contributed by atoms with van der Waals surface area (Å²) in [5.74, 6) is 1.42.